The molecule has 1 aromatic carbocycles. The molecule has 0 aliphatic heterocycles. The SMILES string of the molecule is O=C(O)CC#Cc1ccc(OC(F)(F)F)c(F)c1. The second-order valence-electron chi connectivity index (χ2n) is 3.07. The molecule has 7 heteroatoms. The van der Waals surface area contributed by atoms with Gasteiger partial charge < -0.3 is 9.84 Å². The fourth-order valence-corrected chi connectivity index (χ4v) is 1.01. The third kappa shape index (κ3) is 4.74. The lowest BCUT2D eigenvalue weighted by molar-refractivity contribution is -0.275. The Labute approximate surface area is 99.0 Å². The van der Waals surface area contributed by atoms with Gasteiger partial charge in [0.05, 0.1) is 0 Å². The van der Waals surface area contributed by atoms with Gasteiger partial charge in [-0.15, -0.1) is 13.2 Å². The van der Waals surface area contributed by atoms with Gasteiger partial charge in [0.1, 0.15) is 6.42 Å². The van der Waals surface area contributed by atoms with Crippen LogP contribution in [0.4, 0.5) is 17.6 Å². The summed E-state index contributed by atoms with van der Waals surface area (Å²) in [6.45, 7) is 0. The van der Waals surface area contributed by atoms with Crippen molar-refractivity contribution in [3.05, 3.63) is 29.6 Å². The van der Waals surface area contributed by atoms with Gasteiger partial charge in [0, 0.05) is 5.56 Å². The van der Waals surface area contributed by atoms with Crippen LogP contribution in [0.25, 0.3) is 0 Å². The van der Waals surface area contributed by atoms with Crippen molar-refractivity contribution < 1.29 is 32.2 Å². The first kappa shape index (κ1) is 13.8. The third-order valence-corrected chi connectivity index (χ3v) is 1.63. The number of ether oxygens (including phenoxy) is 1. The van der Waals surface area contributed by atoms with E-state index in [9.17, 15) is 22.4 Å². The van der Waals surface area contributed by atoms with E-state index in [1.165, 1.54) is 0 Å². The van der Waals surface area contributed by atoms with Crippen molar-refractivity contribution in [2.24, 2.45) is 0 Å². The van der Waals surface area contributed by atoms with Crippen LogP contribution in [0, 0.1) is 17.7 Å². The summed E-state index contributed by atoms with van der Waals surface area (Å²) in [7, 11) is 0. The molecule has 0 saturated carbocycles. The van der Waals surface area contributed by atoms with Crippen LogP contribution in [-0.4, -0.2) is 17.4 Å². The highest BCUT2D eigenvalue weighted by molar-refractivity contribution is 5.70. The first-order valence-electron chi connectivity index (χ1n) is 4.54. The molecule has 1 aromatic rings. The average molecular weight is 262 g/mol. The van der Waals surface area contributed by atoms with Gasteiger partial charge in [0.2, 0.25) is 0 Å². The number of aliphatic carboxylic acids is 1. The summed E-state index contributed by atoms with van der Waals surface area (Å²) in [5.74, 6) is 1.17. The monoisotopic (exact) mass is 262 g/mol. The maximum Gasteiger partial charge on any atom is 0.573 e. The van der Waals surface area contributed by atoms with Gasteiger partial charge in [-0.2, -0.15) is 0 Å². The highest BCUT2D eigenvalue weighted by atomic mass is 19.4. The van der Waals surface area contributed by atoms with Crippen molar-refractivity contribution in [1.29, 1.82) is 0 Å². The van der Waals surface area contributed by atoms with Crippen LogP contribution >= 0.6 is 0 Å². The third-order valence-electron chi connectivity index (χ3n) is 1.63. The zero-order valence-electron chi connectivity index (χ0n) is 8.71. The second kappa shape index (κ2) is 5.40. The van der Waals surface area contributed by atoms with E-state index in [0.29, 0.717) is 0 Å². The van der Waals surface area contributed by atoms with Crippen molar-refractivity contribution in [2.45, 2.75) is 12.8 Å². The summed E-state index contributed by atoms with van der Waals surface area (Å²) in [5.41, 5.74) is 0.0586. The van der Waals surface area contributed by atoms with Crippen molar-refractivity contribution in [3.63, 3.8) is 0 Å². The van der Waals surface area contributed by atoms with E-state index in [2.05, 4.69) is 16.6 Å². The largest absolute Gasteiger partial charge is 0.573 e. The van der Waals surface area contributed by atoms with Gasteiger partial charge in [-0.3, -0.25) is 4.79 Å². The smallest absolute Gasteiger partial charge is 0.481 e. The first-order valence-corrected chi connectivity index (χ1v) is 4.54. The molecule has 0 spiro atoms. The van der Waals surface area contributed by atoms with Gasteiger partial charge in [0.15, 0.2) is 11.6 Å². The molecule has 0 aliphatic rings. The Morgan fingerprint density at radius 3 is 2.56 bits per heavy atom. The number of hydrogen-bond donors (Lipinski definition) is 1. The predicted octanol–water partition coefficient (Wildman–Crippen LogP) is 2.55. The van der Waals surface area contributed by atoms with E-state index in [1.54, 1.807) is 0 Å². The maximum atomic E-state index is 13.2. The molecule has 0 aromatic heterocycles. The molecule has 0 radical (unpaired) electrons. The van der Waals surface area contributed by atoms with E-state index in [0.717, 1.165) is 18.2 Å². The molecule has 0 aliphatic carbocycles. The Morgan fingerprint density at radius 1 is 1.39 bits per heavy atom. The van der Waals surface area contributed by atoms with E-state index < -0.39 is 30.3 Å². The summed E-state index contributed by atoms with van der Waals surface area (Å²) in [4.78, 5) is 10.1. The molecule has 0 heterocycles. The van der Waals surface area contributed by atoms with E-state index in [1.807, 2.05) is 0 Å². The number of carboxylic acids is 1. The minimum absolute atomic E-state index is 0.0586. The predicted molar refractivity (Wildman–Crippen MR) is 52.2 cm³/mol. The number of carboxylic acid groups (broad SMARTS) is 1. The number of benzene rings is 1. The van der Waals surface area contributed by atoms with E-state index in [-0.39, 0.29) is 5.56 Å². The van der Waals surface area contributed by atoms with Crippen LogP contribution in [0.1, 0.15) is 12.0 Å². The Balaban J connectivity index is 2.85. The Morgan fingerprint density at radius 2 is 2.06 bits per heavy atom. The minimum atomic E-state index is -4.97. The Kier molecular flexibility index (Phi) is 4.15. The summed E-state index contributed by atoms with van der Waals surface area (Å²) in [5, 5.41) is 8.30. The number of carbonyl (C=O) groups is 1. The molecule has 0 saturated heterocycles. The molecular formula is C11H6F4O3. The first-order chi connectivity index (χ1) is 8.28. The van der Waals surface area contributed by atoms with E-state index >= 15 is 0 Å². The molecule has 0 unspecified atom stereocenters. The number of alkyl halides is 3. The molecule has 0 fully saturated rings. The lowest BCUT2D eigenvalue weighted by atomic mass is 10.2. The number of halogens is 4. The van der Waals surface area contributed by atoms with Gasteiger partial charge >= 0.3 is 12.3 Å². The van der Waals surface area contributed by atoms with Crippen LogP contribution in [0.2, 0.25) is 0 Å². The Bertz CT molecular complexity index is 511. The second-order valence-corrected chi connectivity index (χ2v) is 3.07. The molecular weight excluding hydrogens is 256 g/mol. The summed E-state index contributed by atoms with van der Waals surface area (Å²) in [6.07, 6.45) is -5.42. The van der Waals surface area contributed by atoms with Crippen LogP contribution in [0.3, 0.4) is 0 Å². The maximum absolute atomic E-state index is 13.2. The Hall–Kier alpha value is -2.23. The molecule has 0 atom stereocenters. The van der Waals surface area contributed by atoms with Crippen LogP contribution in [0.15, 0.2) is 18.2 Å². The lowest BCUT2D eigenvalue weighted by Crippen LogP contribution is -2.17. The highest BCUT2D eigenvalue weighted by Gasteiger charge is 2.32. The van der Waals surface area contributed by atoms with Crippen molar-refractivity contribution in [1.82, 2.24) is 0 Å². The topological polar surface area (TPSA) is 46.5 Å². The molecule has 0 amide bonds. The van der Waals surface area contributed by atoms with Crippen LogP contribution < -0.4 is 4.74 Å². The van der Waals surface area contributed by atoms with Gasteiger partial charge in [0.25, 0.3) is 0 Å². The number of hydrogen-bond acceptors (Lipinski definition) is 2. The standard InChI is InChI=1S/C11H6F4O3/c12-8-6-7(2-1-3-10(16)17)4-5-9(8)18-11(13,14)15/h4-6H,3H2,(H,16,17). The summed E-state index contributed by atoms with van der Waals surface area (Å²) < 4.78 is 52.1. The molecule has 18 heavy (non-hydrogen) atoms. The summed E-state index contributed by atoms with van der Waals surface area (Å²) >= 11 is 0. The lowest BCUT2D eigenvalue weighted by Gasteiger charge is -2.09. The van der Waals surface area contributed by atoms with Gasteiger partial charge in [-0.25, -0.2) is 4.39 Å². The minimum Gasteiger partial charge on any atom is -0.481 e. The van der Waals surface area contributed by atoms with Crippen LogP contribution in [0.5, 0.6) is 5.75 Å². The van der Waals surface area contributed by atoms with Crippen molar-refractivity contribution in [3.8, 4) is 17.6 Å². The molecule has 96 valence electrons. The van der Waals surface area contributed by atoms with Gasteiger partial charge in [-0.1, -0.05) is 11.8 Å². The molecule has 1 N–H and O–H groups in total. The molecule has 0 bridgehead atoms. The molecule has 3 nitrogen and oxygen atoms in total. The highest BCUT2D eigenvalue weighted by Crippen LogP contribution is 2.25. The zero-order chi connectivity index (χ0) is 13.8. The van der Waals surface area contributed by atoms with Crippen molar-refractivity contribution >= 4 is 5.97 Å². The summed E-state index contributed by atoms with van der Waals surface area (Å²) in [6, 6.07) is 2.60. The van der Waals surface area contributed by atoms with Crippen molar-refractivity contribution in [2.75, 3.05) is 0 Å². The molecule has 1 rings (SSSR count). The van der Waals surface area contributed by atoms with Gasteiger partial charge in [-0.05, 0) is 18.2 Å². The fraction of sp³-hybridized carbons (Fsp3) is 0.182. The van der Waals surface area contributed by atoms with E-state index in [4.69, 9.17) is 5.11 Å². The quantitative estimate of drug-likeness (QED) is 0.658. The average Bonchev–Trinajstić information content (AvgIpc) is 2.19. The fourth-order valence-electron chi connectivity index (χ4n) is 1.01. The van der Waals surface area contributed by atoms with Crippen LogP contribution in [-0.2, 0) is 4.79 Å². The normalized spacial score (nSPS) is 10.4. The zero-order valence-corrected chi connectivity index (χ0v) is 8.71. The number of rotatable bonds is 2.